The van der Waals surface area contributed by atoms with Gasteiger partial charge in [-0.15, -0.1) is 0 Å². The molecule has 1 aliphatic heterocycles. The Kier molecular flexibility index (Phi) is 9.44. The summed E-state index contributed by atoms with van der Waals surface area (Å²) in [6.07, 6.45) is 3.41. The van der Waals surface area contributed by atoms with Crippen LogP contribution in [0.25, 0.3) is 11.3 Å². The van der Waals surface area contributed by atoms with Crippen molar-refractivity contribution in [2.45, 2.75) is 26.2 Å². The second-order valence-corrected chi connectivity index (χ2v) is 9.28. The highest BCUT2D eigenvalue weighted by atomic mass is 16.5. The number of ether oxygens (including phenoxy) is 1. The Hall–Kier alpha value is -4.47. The van der Waals surface area contributed by atoms with Crippen molar-refractivity contribution in [2.75, 3.05) is 43.5 Å². The predicted octanol–water partition coefficient (Wildman–Crippen LogP) is 3.26. The number of anilines is 2. The smallest absolute Gasteiger partial charge is 0.251 e. The van der Waals surface area contributed by atoms with Gasteiger partial charge in [0.25, 0.3) is 5.91 Å². The summed E-state index contributed by atoms with van der Waals surface area (Å²) in [5, 5.41) is 8.49. The molecular weight excluding hydrogens is 496 g/mol. The number of hydrogen-bond acceptors (Lipinski definition) is 7. The molecule has 0 saturated carbocycles. The summed E-state index contributed by atoms with van der Waals surface area (Å²) in [6, 6.07) is 16.4. The van der Waals surface area contributed by atoms with Crippen molar-refractivity contribution in [3.8, 4) is 17.0 Å². The molecule has 10 nitrogen and oxygen atoms in total. The van der Waals surface area contributed by atoms with Crippen molar-refractivity contribution in [3.05, 3.63) is 66.5 Å². The number of piperidine rings is 1. The lowest BCUT2D eigenvalue weighted by atomic mass is 9.96. The highest BCUT2D eigenvalue weighted by Crippen LogP contribution is 2.26. The summed E-state index contributed by atoms with van der Waals surface area (Å²) < 4.78 is 5.23. The summed E-state index contributed by atoms with van der Waals surface area (Å²) in [5.74, 6) is 1.25. The second kappa shape index (κ2) is 13.4. The van der Waals surface area contributed by atoms with E-state index in [0.29, 0.717) is 30.8 Å². The van der Waals surface area contributed by atoms with E-state index < -0.39 is 0 Å². The Balaban J connectivity index is 1.19. The molecule has 0 bridgehead atoms. The minimum atomic E-state index is -0.232. The Morgan fingerprint density at radius 1 is 0.949 bits per heavy atom. The number of methoxy groups -OCH3 is 1. The van der Waals surface area contributed by atoms with Gasteiger partial charge in [-0.2, -0.15) is 0 Å². The third-order valence-electron chi connectivity index (χ3n) is 6.69. The molecule has 3 amide bonds. The van der Waals surface area contributed by atoms with Crippen molar-refractivity contribution < 1.29 is 19.1 Å². The molecule has 0 aliphatic carbocycles. The van der Waals surface area contributed by atoms with Crippen LogP contribution in [0.15, 0.2) is 60.9 Å². The van der Waals surface area contributed by atoms with Crippen molar-refractivity contribution in [3.63, 3.8) is 0 Å². The molecule has 204 valence electrons. The first kappa shape index (κ1) is 27.6. The monoisotopic (exact) mass is 530 g/mol. The lowest BCUT2D eigenvalue weighted by molar-refractivity contribution is -0.125. The molecule has 4 rings (SSSR count). The number of aromatic nitrogens is 2. The molecule has 0 spiro atoms. The standard InChI is InChI=1S/C29H34N6O4/c1-3-27(36)34-23-8-4-21(5-9-23)28(37)30-14-15-31-29(38)22-12-16-35(17-13-22)26-18-25(32-19-33-26)20-6-10-24(39-2)11-7-20/h4-11,18-19,22H,3,12-17H2,1-2H3,(H,30,37)(H,31,38)(H,34,36). The van der Waals surface area contributed by atoms with Crippen LogP contribution in [0.1, 0.15) is 36.5 Å². The number of benzene rings is 2. The number of nitrogens with zero attached hydrogens (tertiary/aromatic N) is 3. The zero-order valence-corrected chi connectivity index (χ0v) is 22.3. The van der Waals surface area contributed by atoms with Crippen LogP contribution in [0.2, 0.25) is 0 Å². The SMILES string of the molecule is CCC(=O)Nc1ccc(C(=O)NCCNC(=O)C2CCN(c3cc(-c4ccc(OC)cc4)ncn3)CC2)cc1. The quantitative estimate of drug-likeness (QED) is 0.344. The lowest BCUT2D eigenvalue weighted by Crippen LogP contribution is -2.42. The van der Waals surface area contributed by atoms with Crippen LogP contribution < -0.4 is 25.6 Å². The fourth-order valence-corrected chi connectivity index (χ4v) is 4.37. The van der Waals surface area contributed by atoms with Crippen molar-refractivity contribution in [2.24, 2.45) is 5.92 Å². The van der Waals surface area contributed by atoms with Gasteiger partial charge in [-0.05, 0) is 61.4 Å². The van der Waals surface area contributed by atoms with Crippen LogP contribution >= 0.6 is 0 Å². The molecule has 1 fully saturated rings. The molecule has 2 aromatic carbocycles. The fraction of sp³-hybridized carbons (Fsp3) is 0.345. The molecule has 1 saturated heterocycles. The van der Waals surface area contributed by atoms with Gasteiger partial charge in [-0.3, -0.25) is 14.4 Å². The summed E-state index contributed by atoms with van der Waals surface area (Å²) in [7, 11) is 1.64. The van der Waals surface area contributed by atoms with Gasteiger partial charge in [0.2, 0.25) is 11.8 Å². The molecular formula is C29H34N6O4. The van der Waals surface area contributed by atoms with E-state index in [1.54, 1.807) is 44.6 Å². The van der Waals surface area contributed by atoms with Crippen LogP contribution in [0, 0.1) is 5.92 Å². The normalized spacial score (nSPS) is 13.4. The highest BCUT2D eigenvalue weighted by Gasteiger charge is 2.25. The van der Waals surface area contributed by atoms with Crippen LogP contribution in [0.3, 0.4) is 0 Å². The Labute approximate surface area is 228 Å². The van der Waals surface area contributed by atoms with Crippen LogP contribution in [-0.4, -0.2) is 61.0 Å². The molecule has 1 aliphatic rings. The van der Waals surface area contributed by atoms with E-state index in [-0.39, 0.29) is 23.6 Å². The minimum Gasteiger partial charge on any atom is -0.497 e. The maximum Gasteiger partial charge on any atom is 0.251 e. The molecule has 3 aromatic rings. The van der Waals surface area contributed by atoms with E-state index in [0.717, 1.165) is 48.8 Å². The van der Waals surface area contributed by atoms with E-state index in [4.69, 9.17) is 4.74 Å². The van der Waals surface area contributed by atoms with E-state index in [9.17, 15) is 14.4 Å². The van der Waals surface area contributed by atoms with Crippen molar-refractivity contribution in [1.29, 1.82) is 0 Å². The fourth-order valence-electron chi connectivity index (χ4n) is 4.37. The Morgan fingerprint density at radius 2 is 1.64 bits per heavy atom. The number of rotatable bonds is 10. The summed E-state index contributed by atoms with van der Waals surface area (Å²) >= 11 is 0. The molecule has 0 atom stereocenters. The van der Waals surface area contributed by atoms with Crippen LogP contribution in [-0.2, 0) is 9.59 Å². The molecule has 2 heterocycles. The number of hydrogen-bond donors (Lipinski definition) is 3. The van der Waals surface area contributed by atoms with Crippen molar-refractivity contribution in [1.82, 2.24) is 20.6 Å². The lowest BCUT2D eigenvalue weighted by Gasteiger charge is -2.32. The predicted molar refractivity (Wildman–Crippen MR) is 150 cm³/mol. The number of carbonyl (C=O) groups excluding carboxylic acids is 3. The van der Waals surface area contributed by atoms with Gasteiger partial charge in [0.05, 0.1) is 12.8 Å². The van der Waals surface area contributed by atoms with E-state index >= 15 is 0 Å². The Bertz CT molecular complexity index is 1270. The number of carbonyl (C=O) groups is 3. The summed E-state index contributed by atoms with van der Waals surface area (Å²) in [4.78, 5) is 47.5. The molecule has 0 unspecified atom stereocenters. The van der Waals surface area contributed by atoms with E-state index in [2.05, 4.69) is 30.8 Å². The van der Waals surface area contributed by atoms with Gasteiger partial charge in [-0.25, -0.2) is 9.97 Å². The third kappa shape index (κ3) is 7.53. The summed E-state index contributed by atoms with van der Waals surface area (Å²) in [6.45, 7) is 3.91. The van der Waals surface area contributed by atoms with Crippen molar-refractivity contribution >= 4 is 29.2 Å². The van der Waals surface area contributed by atoms with Gasteiger partial charge in [-0.1, -0.05) is 6.92 Å². The number of amides is 3. The van der Waals surface area contributed by atoms with Gasteiger partial charge in [0.15, 0.2) is 0 Å². The zero-order valence-electron chi connectivity index (χ0n) is 22.3. The zero-order chi connectivity index (χ0) is 27.6. The second-order valence-electron chi connectivity index (χ2n) is 9.28. The first-order valence-corrected chi connectivity index (χ1v) is 13.1. The van der Waals surface area contributed by atoms with Crippen LogP contribution in [0.5, 0.6) is 5.75 Å². The average molecular weight is 531 g/mol. The third-order valence-corrected chi connectivity index (χ3v) is 6.69. The highest BCUT2D eigenvalue weighted by molar-refractivity contribution is 5.95. The molecule has 0 radical (unpaired) electrons. The maximum atomic E-state index is 12.7. The van der Waals surface area contributed by atoms with Gasteiger partial charge in [0, 0.05) is 61.4 Å². The summed E-state index contributed by atoms with van der Waals surface area (Å²) in [5.41, 5.74) is 2.96. The molecule has 10 heteroatoms. The van der Waals surface area contributed by atoms with Gasteiger partial charge >= 0.3 is 0 Å². The van der Waals surface area contributed by atoms with Gasteiger partial charge < -0.3 is 25.6 Å². The Morgan fingerprint density at radius 3 is 2.31 bits per heavy atom. The first-order valence-electron chi connectivity index (χ1n) is 13.1. The molecule has 1 aromatic heterocycles. The molecule has 39 heavy (non-hydrogen) atoms. The van der Waals surface area contributed by atoms with Gasteiger partial charge in [0.1, 0.15) is 17.9 Å². The van der Waals surface area contributed by atoms with Crippen LogP contribution in [0.4, 0.5) is 11.5 Å². The average Bonchev–Trinajstić information content (AvgIpc) is 2.99. The number of nitrogens with one attached hydrogen (secondary N) is 3. The first-order chi connectivity index (χ1) is 19.0. The minimum absolute atomic E-state index is 0.00141. The topological polar surface area (TPSA) is 126 Å². The largest absolute Gasteiger partial charge is 0.497 e. The van der Waals surface area contributed by atoms with E-state index in [1.165, 1.54) is 0 Å². The van der Waals surface area contributed by atoms with E-state index in [1.807, 2.05) is 30.3 Å². The molecule has 3 N–H and O–H groups in total. The maximum absolute atomic E-state index is 12.7.